The molecule has 12 heteroatoms. The number of fused-ring (bicyclic) bond motifs is 1. The van der Waals surface area contributed by atoms with Gasteiger partial charge in [-0.25, -0.2) is 17.7 Å². The Morgan fingerprint density at radius 1 is 1.15 bits per heavy atom. The van der Waals surface area contributed by atoms with Gasteiger partial charge in [-0.1, -0.05) is 43.0 Å². The van der Waals surface area contributed by atoms with E-state index < -0.39 is 60.9 Å². The monoisotopic (exact) mass is 589 g/mol. The average molecular weight is 590 g/mol. The highest BCUT2D eigenvalue weighted by molar-refractivity contribution is 7.97. The van der Waals surface area contributed by atoms with Gasteiger partial charge in [0.2, 0.25) is 5.78 Å². The molecule has 0 saturated heterocycles. The second-order valence-electron chi connectivity index (χ2n) is 9.98. The number of Topliss-reactive ketones (excluding diaryl/α,β-unsaturated/α-hetero) is 2. The molecule has 0 aliphatic heterocycles. The molecule has 1 N–H and O–H groups in total. The predicted molar refractivity (Wildman–Crippen MR) is 142 cm³/mol. The maximum absolute atomic E-state index is 14.8. The Morgan fingerprint density at radius 2 is 1.85 bits per heavy atom. The van der Waals surface area contributed by atoms with E-state index in [1.165, 1.54) is 41.0 Å². The first-order valence-corrected chi connectivity index (χ1v) is 13.9. The second-order valence-corrected chi connectivity index (χ2v) is 12.3. The summed E-state index contributed by atoms with van der Waals surface area (Å²) in [6.45, 7) is 2.54. The van der Waals surface area contributed by atoms with E-state index in [-0.39, 0.29) is 53.4 Å². The lowest BCUT2D eigenvalue weighted by Gasteiger charge is -2.18. The van der Waals surface area contributed by atoms with Crippen LogP contribution in [0.3, 0.4) is 0 Å². The maximum atomic E-state index is 14.8. The van der Waals surface area contributed by atoms with Crippen LogP contribution >= 0.6 is 0 Å². The predicted octanol–water partition coefficient (Wildman–Crippen LogP) is 5.89. The number of hydrogen-bond acceptors (Lipinski definition) is 6. The van der Waals surface area contributed by atoms with E-state index >= 15 is 0 Å². The van der Waals surface area contributed by atoms with Gasteiger partial charge in [0.05, 0.1) is 17.8 Å². The fourth-order valence-electron chi connectivity index (χ4n) is 5.03. The molecule has 214 valence electrons. The largest absolute Gasteiger partial charge is 0.416 e. The molecule has 0 radical (unpaired) electrons. The van der Waals surface area contributed by atoms with Gasteiger partial charge in [0.1, 0.15) is 22.1 Å². The van der Waals surface area contributed by atoms with Gasteiger partial charge in [-0.15, -0.1) is 0 Å². The van der Waals surface area contributed by atoms with Gasteiger partial charge >= 0.3 is 6.18 Å². The summed E-state index contributed by atoms with van der Waals surface area (Å²) in [5.74, 6) is -2.35. The first-order valence-electron chi connectivity index (χ1n) is 12.4. The van der Waals surface area contributed by atoms with Crippen molar-refractivity contribution in [2.24, 2.45) is 0 Å². The Morgan fingerprint density at radius 3 is 2.46 bits per heavy atom. The van der Waals surface area contributed by atoms with Crippen molar-refractivity contribution in [3.63, 3.8) is 0 Å². The first kappa shape index (κ1) is 28.7. The van der Waals surface area contributed by atoms with Gasteiger partial charge in [-0.05, 0) is 37.1 Å². The minimum absolute atomic E-state index is 0.0490. The highest BCUT2D eigenvalue weighted by Crippen LogP contribution is 2.48. The van der Waals surface area contributed by atoms with Crippen molar-refractivity contribution in [2.75, 3.05) is 6.61 Å². The van der Waals surface area contributed by atoms with Crippen molar-refractivity contribution in [3.8, 4) is 0 Å². The fraction of sp³-hybridized carbons (Fsp3) is 0.241. The SMILES string of the molecule is C=C(C(=O)c1c(C2=CC=CCC2=O)c2cc(C(F)(F)F)ccc2n1Cc1ccccc1F)S(=O)(=O)C1(COO)CC1. The molecular weight excluding hydrogens is 566 g/mol. The third kappa shape index (κ3) is 4.85. The number of aromatic nitrogens is 1. The Labute approximate surface area is 231 Å². The fourth-order valence-corrected chi connectivity index (χ4v) is 6.74. The van der Waals surface area contributed by atoms with Gasteiger partial charge in [0.25, 0.3) is 0 Å². The molecule has 0 amide bonds. The molecule has 1 saturated carbocycles. The zero-order valence-corrected chi connectivity index (χ0v) is 22.2. The highest BCUT2D eigenvalue weighted by atomic mass is 32.2. The van der Waals surface area contributed by atoms with Crippen LogP contribution in [0.15, 0.2) is 72.2 Å². The summed E-state index contributed by atoms with van der Waals surface area (Å²) in [7, 11) is -4.48. The number of allylic oxidation sites excluding steroid dienone is 5. The van der Waals surface area contributed by atoms with Crippen molar-refractivity contribution in [2.45, 2.75) is 36.7 Å². The molecule has 2 aromatic carbocycles. The number of alkyl halides is 3. The summed E-state index contributed by atoms with van der Waals surface area (Å²) in [5.41, 5.74) is -1.68. The highest BCUT2D eigenvalue weighted by Gasteiger charge is 2.57. The van der Waals surface area contributed by atoms with Crippen molar-refractivity contribution in [3.05, 3.63) is 100 Å². The van der Waals surface area contributed by atoms with Crippen LogP contribution in [0.4, 0.5) is 17.6 Å². The number of hydrogen-bond donors (Lipinski definition) is 1. The van der Waals surface area contributed by atoms with Crippen LogP contribution in [0.5, 0.6) is 0 Å². The molecule has 0 spiro atoms. The lowest BCUT2D eigenvalue weighted by molar-refractivity contribution is -0.243. The second kappa shape index (κ2) is 10.2. The third-order valence-corrected chi connectivity index (χ3v) is 9.95. The zero-order chi connectivity index (χ0) is 29.7. The standard InChI is InChI=1S/C29H23F4NO6S/c1-17(41(38,39)28(12-13-28)16-40-37)27(36)26-25(20-7-3-5-9-24(20)35)21-14-19(29(31,32)33)10-11-23(21)34(26)15-18-6-2-4-8-22(18)30/h2-8,10-11,14,37H,1,9,12-13,15-16H2. The Bertz CT molecular complexity index is 1780. The minimum atomic E-state index is -4.77. The van der Waals surface area contributed by atoms with Crippen LogP contribution in [-0.4, -0.2) is 41.2 Å². The van der Waals surface area contributed by atoms with Gasteiger partial charge in [-0.3, -0.25) is 14.8 Å². The van der Waals surface area contributed by atoms with Gasteiger partial charge in [0.15, 0.2) is 15.6 Å². The first-order chi connectivity index (χ1) is 19.3. The van der Waals surface area contributed by atoms with Crippen LogP contribution in [0, 0.1) is 5.82 Å². The van der Waals surface area contributed by atoms with Crippen molar-refractivity contribution in [1.29, 1.82) is 0 Å². The summed E-state index contributed by atoms with van der Waals surface area (Å²) in [5, 5.41) is 8.81. The average Bonchev–Trinajstić information content (AvgIpc) is 3.66. The summed E-state index contributed by atoms with van der Waals surface area (Å²) in [6.07, 6.45) is -0.347. The Balaban J connectivity index is 1.83. The van der Waals surface area contributed by atoms with Gasteiger partial charge in [0, 0.05) is 34.0 Å². The molecule has 2 aliphatic rings. The van der Waals surface area contributed by atoms with Crippen LogP contribution in [-0.2, 0) is 32.2 Å². The van der Waals surface area contributed by atoms with Crippen LogP contribution in [0.25, 0.3) is 16.5 Å². The molecule has 7 nitrogen and oxygen atoms in total. The zero-order valence-electron chi connectivity index (χ0n) is 21.4. The lowest BCUT2D eigenvalue weighted by atomic mass is 9.92. The molecule has 1 fully saturated rings. The number of rotatable bonds is 9. The van der Waals surface area contributed by atoms with Crippen molar-refractivity contribution >= 4 is 37.9 Å². The number of sulfone groups is 1. The Kier molecular flexibility index (Phi) is 7.13. The van der Waals surface area contributed by atoms with Crippen LogP contribution in [0.1, 0.15) is 46.4 Å². The van der Waals surface area contributed by atoms with Crippen molar-refractivity contribution < 1.29 is 45.7 Å². The van der Waals surface area contributed by atoms with E-state index in [0.717, 1.165) is 24.3 Å². The van der Waals surface area contributed by atoms with E-state index in [2.05, 4.69) is 11.5 Å². The number of benzene rings is 2. The molecule has 0 bridgehead atoms. The summed E-state index contributed by atoms with van der Waals surface area (Å²) < 4.78 is 82.7. The number of ketones is 2. The number of nitrogens with zero attached hydrogens (tertiary/aromatic N) is 1. The van der Waals surface area contributed by atoms with E-state index in [1.54, 1.807) is 0 Å². The van der Waals surface area contributed by atoms with Crippen LogP contribution < -0.4 is 0 Å². The summed E-state index contributed by atoms with van der Waals surface area (Å²) in [6, 6.07) is 8.21. The molecule has 1 heterocycles. The van der Waals surface area contributed by atoms with E-state index in [1.807, 2.05) is 0 Å². The van der Waals surface area contributed by atoms with Crippen LogP contribution in [0.2, 0.25) is 0 Å². The summed E-state index contributed by atoms with van der Waals surface area (Å²) >= 11 is 0. The topological polar surface area (TPSA) is 103 Å². The van der Waals surface area contributed by atoms with Gasteiger partial charge < -0.3 is 4.57 Å². The minimum Gasteiger partial charge on any atom is -0.333 e. The Hall–Kier alpha value is -3.87. The molecule has 0 unspecified atom stereocenters. The molecule has 2 aliphatic carbocycles. The molecule has 0 atom stereocenters. The number of halogens is 4. The third-order valence-electron chi connectivity index (χ3n) is 7.45. The van der Waals surface area contributed by atoms with E-state index in [0.29, 0.717) is 0 Å². The lowest BCUT2D eigenvalue weighted by Crippen LogP contribution is -2.32. The van der Waals surface area contributed by atoms with Gasteiger partial charge in [-0.2, -0.15) is 13.2 Å². The molecule has 1 aromatic heterocycles. The molecule has 41 heavy (non-hydrogen) atoms. The summed E-state index contributed by atoms with van der Waals surface area (Å²) in [4.78, 5) is 30.3. The normalized spacial score (nSPS) is 16.6. The number of carbonyl (C=O) groups excluding carboxylic acids is 2. The maximum Gasteiger partial charge on any atom is 0.416 e. The quantitative estimate of drug-likeness (QED) is 0.110. The smallest absolute Gasteiger partial charge is 0.333 e. The molecule has 5 rings (SSSR count). The van der Waals surface area contributed by atoms with E-state index in [4.69, 9.17) is 5.26 Å². The van der Waals surface area contributed by atoms with E-state index in [9.17, 15) is 35.6 Å². The molecular formula is C29H23F4NO6S. The number of carbonyl (C=O) groups is 2. The molecule has 3 aromatic rings. The van der Waals surface area contributed by atoms with Crippen molar-refractivity contribution in [1.82, 2.24) is 4.57 Å².